The second-order valence-corrected chi connectivity index (χ2v) is 4.49. The van der Waals surface area contributed by atoms with Crippen LogP contribution in [0.1, 0.15) is 31.9 Å². The van der Waals surface area contributed by atoms with Crippen molar-refractivity contribution in [2.45, 2.75) is 26.2 Å². The van der Waals surface area contributed by atoms with Gasteiger partial charge >= 0.3 is 0 Å². The van der Waals surface area contributed by atoms with Crippen molar-refractivity contribution in [3.63, 3.8) is 0 Å². The number of hydrogen-bond acceptors (Lipinski definition) is 2. The van der Waals surface area contributed by atoms with Gasteiger partial charge in [-0.25, -0.2) is 0 Å². The highest BCUT2D eigenvalue weighted by Gasteiger charge is 2.14. The smallest absolute Gasteiger partial charge is 0.122 e. The lowest BCUT2D eigenvalue weighted by atomic mass is 9.86. The standard InChI is InChI=1S/C13H15NO/c1-13(2,3)11-6-7-12(15)10(9-11)5-4-8-14/h4-7,9,15H,1-3H3. The molecule has 2 nitrogen and oxygen atoms in total. The molecule has 0 saturated carbocycles. The quantitative estimate of drug-likeness (QED) is 0.709. The minimum Gasteiger partial charge on any atom is -0.507 e. The van der Waals surface area contributed by atoms with Crippen LogP contribution in [0.15, 0.2) is 24.3 Å². The molecule has 0 saturated heterocycles. The molecule has 2 heteroatoms. The van der Waals surface area contributed by atoms with Crippen LogP contribution in [0, 0.1) is 11.3 Å². The molecule has 78 valence electrons. The second kappa shape index (κ2) is 4.18. The van der Waals surface area contributed by atoms with Gasteiger partial charge in [-0.05, 0) is 29.2 Å². The molecule has 0 amide bonds. The molecule has 0 atom stereocenters. The first-order valence-corrected chi connectivity index (χ1v) is 4.85. The lowest BCUT2D eigenvalue weighted by Crippen LogP contribution is -2.10. The van der Waals surface area contributed by atoms with Gasteiger partial charge in [-0.3, -0.25) is 0 Å². The van der Waals surface area contributed by atoms with Gasteiger partial charge in [-0.15, -0.1) is 0 Å². The van der Waals surface area contributed by atoms with Gasteiger partial charge in [-0.1, -0.05) is 26.8 Å². The van der Waals surface area contributed by atoms with Crippen molar-refractivity contribution in [1.82, 2.24) is 0 Å². The molecule has 0 aliphatic carbocycles. The summed E-state index contributed by atoms with van der Waals surface area (Å²) in [4.78, 5) is 0. The molecule has 1 aromatic carbocycles. The number of aromatic hydroxyl groups is 1. The van der Waals surface area contributed by atoms with Crippen molar-refractivity contribution >= 4 is 6.08 Å². The fraction of sp³-hybridized carbons (Fsp3) is 0.308. The maximum atomic E-state index is 9.57. The first-order chi connectivity index (χ1) is 6.95. The lowest BCUT2D eigenvalue weighted by Gasteiger charge is -2.19. The average molecular weight is 201 g/mol. The highest BCUT2D eigenvalue weighted by molar-refractivity contribution is 5.60. The number of nitriles is 1. The van der Waals surface area contributed by atoms with E-state index in [4.69, 9.17) is 5.26 Å². The second-order valence-electron chi connectivity index (χ2n) is 4.49. The molecule has 1 rings (SSSR count). The zero-order valence-corrected chi connectivity index (χ0v) is 9.28. The predicted octanol–water partition coefficient (Wildman–Crippen LogP) is 3.23. The van der Waals surface area contributed by atoms with Gasteiger partial charge in [0, 0.05) is 11.6 Å². The molecule has 1 aromatic rings. The molecule has 0 fully saturated rings. The van der Waals surface area contributed by atoms with Gasteiger partial charge in [0.2, 0.25) is 0 Å². The number of nitrogens with zero attached hydrogens (tertiary/aromatic N) is 1. The largest absolute Gasteiger partial charge is 0.507 e. The highest BCUT2D eigenvalue weighted by atomic mass is 16.3. The monoisotopic (exact) mass is 201 g/mol. The third-order valence-electron chi connectivity index (χ3n) is 2.23. The molecule has 0 aromatic heterocycles. The third kappa shape index (κ3) is 2.85. The number of phenols is 1. The first-order valence-electron chi connectivity index (χ1n) is 4.85. The summed E-state index contributed by atoms with van der Waals surface area (Å²) in [6, 6.07) is 7.38. The molecule has 0 heterocycles. The molecule has 0 bridgehead atoms. The topological polar surface area (TPSA) is 44.0 Å². The third-order valence-corrected chi connectivity index (χ3v) is 2.23. The SMILES string of the molecule is CC(C)(C)c1ccc(O)c(C=CC#N)c1. The van der Waals surface area contributed by atoms with Crippen molar-refractivity contribution in [3.05, 3.63) is 35.4 Å². The van der Waals surface area contributed by atoms with Crippen molar-refractivity contribution in [1.29, 1.82) is 5.26 Å². The number of hydrogen-bond donors (Lipinski definition) is 1. The van der Waals surface area contributed by atoms with Crippen LogP contribution < -0.4 is 0 Å². The van der Waals surface area contributed by atoms with Crippen molar-refractivity contribution < 1.29 is 5.11 Å². The summed E-state index contributed by atoms with van der Waals surface area (Å²) in [6.45, 7) is 6.32. The molecule has 0 aliphatic rings. The summed E-state index contributed by atoms with van der Waals surface area (Å²) in [7, 11) is 0. The molecule has 1 N–H and O–H groups in total. The van der Waals surface area contributed by atoms with Gasteiger partial charge in [0.1, 0.15) is 5.75 Å². The van der Waals surface area contributed by atoms with E-state index in [1.807, 2.05) is 18.2 Å². The molecular weight excluding hydrogens is 186 g/mol. The number of benzene rings is 1. The summed E-state index contributed by atoms with van der Waals surface area (Å²) in [5.74, 6) is 0.203. The Hall–Kier alpha value is -1.75. The summed E-state index contributed by atoms with van der Waals surface area (Å²) >= 11 is 0. The Morgan fingerprint density at radius 1 is 1.33 bits per heavy atom. The fourth-order valence-corrected chi connectivity index (χ4v) is 1.28. The lowest BCUT2D eigenvalue weighted by molar-refractivity contribution is 0.472. The number of phenolic OH excluding ortho intramolecular Hbond substituents is 1. The molecule has 0 unspecified atom stereocenters. The van der Waals surface area contributed by atoms with E-state index in [-0.39, 0.29) is 11.2 Å². The van der Waals surface area contributed by atoms with Crippen molar-refractivity contribution in [2.75, 3.05) is 0 Å². The summed E-state index contributed by atoms with van der Waals surface area (Å²) in [5, 5.41) is 18.0. The average Bonchev–Trinajstić information content (AvgIpc) is 2.15. The Balaban J connectivity index is 3.18. The van der Waals surface area contributed by atoms with E-state index in [2.05, 4.69) is 20.8 Å². The number of rotatable bonds is 1. The summed E-state index contributed by atoms with van der Waals surface area (Å²) < 4.78 is 0. The minimum atomic E-state index is 0.0446. The molecule has 15 heavy (non-hydrogen) atoms. The van der Waals surface area contributed by atoms with Crippen LogP contribution in [0.25, 0.3) is 6.08 Å². The van der Waals surface area contributed by atoms with Gasteiger partial charge in [0.15, 0.2) is 0 Å². The zero-order valence-electron chi connectivity index (χ0n) is 9.28. The van der Waals surface area contributed by atoms with Crippen LogP contribution in [-0.2, 0) is 5.41 Å². The fourth-order valence-electron chi connectivity index (χ4n) is 1.28. The Kier molecular flexibility index (Phi) is 3.16. The predicted molar refractivity (Wildman–Crippen MR) is 61.5 cm³/mol. The Labute approximate surface area is 90.5 Å². The minimum absolute atomic E-state index is 0.0446. The van der Waals surface area contributed by atoms with Gasteiger partial charge in [0.05, 0.1) is 6.07 Å². The van der Waals surface area contributed by atoms with E-state index in [1.165, 1.54) is 6.08 Å². The Bertz CT molecular complexity index is 419. The van der Waals surface area contributed by atoms with Crippen LogP contribution in [-0.4, -0.2) is 5.11 Å². The van der Waals surface area contributed by atoms with E-state index in [1.54, 1.807) is 12.1 Å². The molecule has 0 aliphatic heterocycles. The Morgan fingerprint density at radius 3 is 2.53 bits per heavy atom. The van der Waals surface area contributed by atoms with Gasteiger partial charge in [-0.2, -0.15) is 5.26 Å². The maximum absolute atomic E-state index is 9.57. The van der Waals surface area contributed by atoms with E-state index in [0.717, 1.165) is 5.56 Å². The first kappa shape index (κ1) is 11.3. The molecular formula is C13H15NO. The zero-order chi connectivity index (χ0) is 11.5. The number of allylic oxidation sites excluding steroid dienone is 1. The van der Waals surface area contributed by atoms with E-state index >= 15 is 0 Å². The Morgan fingerprint density at radius 2 is 2.00 bits per heavy atom. The van der Waals surface area contributed by atoms with Gasteiger partial charge < -0.3 is 5.11 Å². The van der Waals surface area contributed by atoms with Crippen LogP contribution in [0.5, 0.6) is 5.75 Å². The highest BCUT2D eigenvalue weighted by Crippen LogP contribution is 2.27. The van der Waals surface area contributed by atoms with E-state index in [9.17, 15) is 5.11 Å². The summed E-state index contributed by atoms with van der Waals surface area (Å²) in [5.41, 5.74) is 1.87. The van der Waals surface area contributed by atoms with Crippen LogP contribution in [0.2, 0.25) is 0 Å². The molecule has 0 radical (unpaired) electrons. The normalized spacial score (nSPS) is 11.6. The van der Waals surface area contributed by atoms with Crippen LogP contribution in [0.3, 0.4) is 0 Å². The van der Waals surface area contributed by atoms with Gasteiger partial charge in [0.25, 0.3) is 0 Å². The van der Waals surface area contributed by atoms with E-state index < -0.39 is 0 Å². The summed E-state index contributed by atoms with van der Waals surface area (Å²) in [6.07, 6.45) is 2.98. The van der Waals surface area contributed by atoms with Crippen LogP contribution in [0.4, 0.5) is 0 Å². The van der Waals surface area contributed by atoms with E-state index in [0.29, 0.717) is 5.56 Å². The maximum Gasteiger partial charge on any atom is 0.122 e. The van der Waals surface area contributed by atoms with Crippen LogP contribution >= 0.6 is 0 Å². The molecule has 0 spiro atoms. The van der Waals surface area contributed by atoms with Crippen molar-refractivity contribution in [3.8, 4) is 11.8 Å². The van der Waals surface area contributed by atoms with Crippen molar-refractivity contribution in [2.24, 2.45) is 0 Å².